The zero-order chi connectivity index (χ0) is 30.6. The van der Waals surface area contributed by atoms with Crippen molar-refractivity contribution in [2.75, 3.05) is 25.6 Å². The van der Waals surface area contributed by atoms with Crippen LogP contribution in [0.5, 0.6) is 17.2 Å². The van der Waals surface area contributed by atoms with Crippen LogP contribution in [0.3, 0.4) is 0 Å². The first-order valence-corrected chi connectivity index (χ1v) is 14.1. The van der Waals surface area contributed by atoms with Gasteiger partial charge < -0.3 is 19.9 Å². The van der Waals surface area contributed by atoms with Gasteiger partial charge in [0.15, 0.2) is 11.5 Å². The number of nitrogens with zero attached hydrogens (tertiary/aromatic N) is 1. The largest absolute Gasteiger partial charge is 0.495 e. The second-order valence-electron chi connectivity index (χ2n) is 7.74. The van der Waals surface area contributed by atoms with Crippen LogP contribution >= 0.6 is 13.5 Å². The van der Waals surface area contributed by atoms with Crippen LogP contribution in [-0.4, -0.2) is 41.7 Å². The Morgan fingerprint density at radius 3 is 1.85 bits per heavy atom. The van der Waals surface area contributed by atoms with Gasteiger partial charge in [-0.3, -0.25) is 9.10 Å². The maximum Gasteiger partial charge on any atom is 0.265 e. The van der Waals surface area contributed by atoms with E-state index in [0.717, 1.165) is 16.4 Å². The third kappa shape index (κ3) is 8.49. The molecule has 1 amide bonds. The number of para-hydroxylation sites is 1. The highest BCUT2D eigenvalue weighted by Crippen LogP contribution is 2.40. The predicted octanol–water partition coefficient (Wildman–Crippen LogP) is 5.82. The zero-order valence-electron chi connectivity index (χ0n) is 24.6. The number of methoxy groups -OCH3 is 3. The first-order chi connectivity index (χ1) is 19.1. The number of carbonyl (C=O) groups is 1. The molecule has 0 bridgehead atoms. The van der Waals surface area contributed by atoms with Crippen molar-refractivity contribution in [3.63, 3.8) is 0 Å². The van der Waals surface area contributed by atoms with Crippen molar-refractivity contribution in [2.24, 2.45) is 5.73 Å². The maximum atomic E-state index is 14.5. The number of primary amides is 1. The van der Waals surface area contributed by atoms with Gasteiger partial charge in [0.2, 0.25) is 5.91 Å². The van der Waals surface area contributed by atoms with E-state index in [4.69, 9.17) is 19.9 Å². The molecule has 0 aliphatic carbocycles. The molecule has 0 aromatic heterocycles. The Morgan fingerprint density at radius 2 is 1.37 bits per heavy atom. The summed E-state index contributed by atoms with van der Waals surface area (Å²) in [5.41, 5.74) is 5.38. The average Bonchev–Trinajstić information content (AvgIpc) is 2.97. The second-order valence-corrected chi connectivity index (χ2v) is 9.56. The van der Waals surface area contributed by atoms with Crippen molar-refractivity contribution in [3.8, 4) is 17.2 Å². The molecule has 0 saturated carbocycles. The fourth-order valence-corrected chi connectivity index (χ4v) is 5.44. The third-order valence-electron chi connectivity index (χ3n) is 5.63. The molecule has 3 aromatic carbocycles. The Bertz CT molecular complexity index is 1370. The van der Waals surface area contributed by atoms with Gasteiger partial charge in [0.1, 0.15) is 23.4 Å². The molecule has 8 nitrogen and oxygen atoms in total. The van der Waals surface area contributed by atoms with Gasteiger partial charge in [-0.05, 0) is 42.8 Å². The predicted molar refractivity (Wildman–Crippen MR) is 163 cm³/mol. The molecule has 0 unspecified atom stereocenters. The summed E-state index contributed by atoms with van der Waals surface area (Å²) < 4.78 is 73.5. The first kappa shape index (κ1) is 37.5. The molecule has 41 heavy (non-hydrogen) atoms. The van der Waals surface area contributed by atoms with Crippen LogP contribution in [0.2, 0.25) is 0 Å². The van der Waals surface area contributed by atoms with Crippen molar-refractivity contribution < 1.29 is 36.2 Å². The highest BCUT2D eigenvalue weighted by atomic mass is 32.2. The van der Waals surface area contributed by atoms with Gasteiger partial charge in [-0.1, -0.05) is 45.9 Å². The number of benzene rings is 3. The van der Waals surface area contributed by atoms with Gasteiger partial charge in [-0.15, -0.1) is 0 Å². The number of rotatable bonds is 10. The van der Waals surface area contributed by atoms with E-state index >= 15 is 0 Å². The van der Waals surface area contributed by atoms with Crippen molar-refractivity contribution in [1.29, 1.82) is 0 Å². The van der Waals surface area contributed by atoms with E-state index in [1.807, 2.05) is 27.7 Å². The summed E-state index contributed by atoms with van der Waals surface area (Å²) in [6.07, 6.45) is -0.325. The highest BCUT2D eigenvalue weighted by molar-refractivity contribution is 7.93. The van der Waals surface area contributed by atoms with Gasteiger partial charge in [-0.25, -0.2) is 17.2 Å². The monoisotopic (exact) mass is 614 g/mol. The number of ether oxygens (including phenoxy) is 3. The summed E-state index contributed by atoms with van der Waals surface area (Å²) in [6, 6.07) is 10.5. The van der Waals surface area contributed by atoms with E-state index in [-0.39, 0.29) is 53.1 Å². The normalized spacial score (nSPS) is 10.9. The number of carbonyl (C=O) groups excluding carboxylic acids is 1. The van der Waals surface area contributed by atoms with Crippen molar-refractivity contribution in [1.82, 2.24) is 0 Å². The summed E-state index contributed by atoms with van der Waals surface area (Å²) in [5, 5.41) is 0. The fourth-order valence-electron chi connectivity index (χ4n) is 3.75. The molecule has 12 heteroatoms. The molecular formula is C29H40F2N2O6S2. The molecular weight excluding hydrogens is 574 g/mol. The van der Waals surface area contributed by atoms with Crippen LogP contribution < -0.4 is 24.2 Å². The quantitative estimate of drug-likeness (QED) is 0.309. The molecule has 228 valence electrons. The Kier molecular flexibility index (Phi) is 15.9. The van der Waals surface area contributed by atoms with E-state index in [1.54, 1.807) is 6.07 Å². The second kappa shape index (κ2) is 17.3. The standard InChI is InChI=1S/C25H26F2N2O6S.2C2H6.H2S/c1-15(25(28)30)29(36(31,32)17-11-12-21(33-2)23(14-17)35-4)24-16(7-5-10-22(24)34-3)13-18-19(26)8-6-9-20(18)27;2*1-2;/h5-12,14-15H,13H2,1-4H3,(H2,28,30);2*1-2H3;1H2/t15-;;;/m0.../s1. The number of nitrogens with two attached hydrogens (primary N) is 1. The van der Waals surface area contributed by atoms with Gasteiger partial charge in [0.25, 0.3) is 10.0 Å². The summed E-state index contributed by atoms with van der Waals surface area (Å²) in [6.45, 7) is 9.31. The number of halogens is 2. The average molecular weight is 615 g/mol. The zero-order valence-corrected chi connectivity index (χ0v) is 26.4. The van der Waals surface area contributed by atoms with Crippen molar-refractivity contribution in [3.05, 3.63) is 77.4 Å². The molecule has 0 heterocycles. The molecule has 2 N–H and O–H groups in total. The number of amides is 1. The molecule has 3 aromatic rings. The number of sulfonamides is 1. The number of hydrogen-bond acceptors (Lipinski definition) is 6. The van der Waals surface area contributed by atoms with Crippen molar-refractivity contribution >= 4 is 35.1 Å². The summed E-state index contributed by atoms with van der Waals surface area (Å²) in [4.78, 5) is 12.1. The first-order valence-electron chi connectivity index (χ1n) is 12.7. The third-order valence-corrected chi connectivity index (χ3v) is 7.49. The summed E-state index contributed by atoms with van der Waals surface area (Å²) in [7, 11) is -0.440. The molecule has 0 aliphatic rings. The summed E-state index contributed by atoms with van der Waals surface area (Å²) in [5.74, 6) is -2.07. The molecule has 0 aliphatic heterocycles. The Balaban J connectivity index is 0.00000306. The van der Waals surface area contributed by atoms with E-state index in [0.29, 0.717) is 5.75 Å². The summed E-state index contributed by atoms with van der Waals surface area (Å²) >= 11 is 0. The molecule has 1 atom stereocenters. The lowest BCUT2D eigenvalue weighted by atomic mass is 10.0. The van der Waals surface area contributed by atoms with Gasteiger partial charge in [0, 0.05) is 18.1 Å². The Hall–Kier alpha value is -3.51. The fraction of sp³-hybridized carbons (Fsp3) is 0.345. The Labute approximate surface area is 248 Å². The molecule has 0 spiro atoms. The van der Waals surface area contributed by atoms with Crippen LogP contribution in [0.25, 0.3) is 0 Å². The minimum absolute atomic E-state index is 0. The van der Waals surface area contributed by atoms with E-state index in [2.05, 4.69) is 0 Å². The lowest BCUT2D eigenvalue weighted by molar-refractivity contribution is -0.118. The lowest BCUT2D eigenvalue weighted by Crippen LogP contribution is -2.47. The van der Waals surface area contributed by atoms with E-state index in [9.17, 15) is 22.0 Å². The smallest absolute Gasteiger partial charge is 0.265 e. The SMILES string of the molecule is CC.CC.COc1ccc(S(=O)(=O)N(c2c(Cc3c(F)cccc3F)cccc2OC)[C@@H](C)C(N)=O)cc1OC.S. The number of anilines is 1. The topological polar surface area (TPSA) is 108 Å². The van der Waals surface area contributed by atoms with Gasteiger partial charge in [-0.2, -0.15) is 13.5 Å². The molecule has 0 saturated heterocycles. The molecule has 3 rings (SSSR count). The highest BCUT2D eigenvalue weighted by Gasteiger charge is 2.36. The van der Waals surface area contributed by atoms with Gasteiger partial charge >= 0.3 is 0 Å². The van der Waals surface area contributed by atoms with Crippen LogP contribution in [0.4, 0.5) is 14.5 Å². The maximum absolute atomic E-state index is 14.5. The Morgan fingerprint density at radius 1 is 0.854 bits per heavy atom. The molecule has 0 radical (unpaired) electrons. The van der Waals surface area contributed by atoms with Crippen LogP contribution in [-0.2, 0) is 21.2 Å². The van der Waals surface area contributed by atoms with Gasteiger partial charge in [0.05, 0.1) is 31.9 Å². The molecule has 0 fully saturated rings. The minimum atomic E-state index is -4.49. The van der Waals surface area contributed by atoms with Crippen LogP contribution in [0, 0.1) is 11.6 Å². The van der Waals surface area contributed by atoms with Crippen molar-refractivity contribution in [2.45, 2.75) is 52.0 Å². The lowest BCUT2D eigenvalue weighted by Gasteiger charge is -2.32. The van der Waals surface area contributed by atoms with E-state index < -0.39 is 33.6 Å². The van der Waals surface area contributed by atoms with E-state index in [1.165, 1.54) is 64.7 Å². The van der Waals surface area contributed by atoms with Crippen LogP contribution in [0.1, 0.15) is 45.7 Å². The number of hydrogen-bond donors (Lipinski definition) is 1. The van der Waals surface area contributed by atoms with Crippen LogP contribution in [0.15, 0.2) is 59.5 Å². The minimum Gasteiger partial charge on any atom is -0.495 e.